The molecule has 0 bridgehead atoms. The lowest BCUT2D eigenvalue weighted by molar-refractivity contribution is -0.113. The molecular weight excluding hydrogens is 732 g/mol. The number of aliphatic imine (C=N–C) groups is 1. The molecule has 4 aromatic carbocycles. The molecule has 0 radical (unpaired) electrons. The summed E-state index contributed by atoms with van der Waals surface area (Å²) in [6.07, 6.45) is 1.69. The van der Waals surface area contributed by atoms with E-state index in [2.05, 4.69) is 0 Å². The molecule has 4 heterocycles. The number of rotatable bonds is 6. The van der Waals surface area contributed by atoms with Crippen LogP contribution >= 0.6 is 58.1 Å². The number of aromatic nitrogens is 1. The first-order valence-electron chi connectivity index (χ1n) is 15.1. The topological polar surface area (TPSA) is 96.1 Å². The number of furan rings is 1. The summed E-state index contributed by atoms with van der Waals surface area (Å²) in [5, 5.41) is 2.16. The third kappa shape index (κ3) is 5.95. The number of halogens is 2. The largest absolute Gasteiger partial charge is 0.450 e. The molecule has 0 N–H and O–H groups in total. The molecule has 0 spiro atoms. The molecule has 246 valence electrons. The summed E-state index contributed by atoms with van der Waals surface area (Å²) >= 11 is 16.8. The Labute approximate surface area is 308 Å². The number of imide groups is 1. The smallest absolute Gasteiger partial charge is 0.271 e. The maximum Gasteiger partial charge on any atom is 0.271 e. The van der Waals surface area contributed by atoms with Gasteiger partial charge in [-0.05, 0) is 115 Å². The lowest BCUT2D eigenvalue weighted by Crippen LogP contribution is -2.29. The minimum Gasteiger partial charge on any atom is -0.450 e. The van der Waals surface area contributed by atoms with Crippen molar-refractivity contribution in [3.05, 3.63) is 134 Å². The molecule has 0 saturated carbocycles. The van der Waals surface area contributed by atoms with E-state index >= 15 is 0 Å². The molecule has 8 nitrogen and oxygen atoms in total. The molecular formula is C37H22Cl2N4O4S3. The molecule has 0 aliphatic carbocycles. The Bertz CT molecular complexity index is 2450. The fourth-order valence-electron chi connectivity index (χ4n) is 5.44. The van der Waals surface area contributed by atoms with Crippen LogP contribution in [0.1, 0.15) is 37.6 Å². The van der Waals surface area contributed by atoms with Gasteiger partial charge in [0.05, 0.1) is 43.3 Å². The van der Waals surface area contributed by atoms with Gasteiger partial charge in [0, 0.05) is 16.1 Å². The van der Waals surface area contributed by atoms with Gasteiger partial charge in [0.25, 0.3) is 17.7 Å². The number of benzene rings is 4. The number of carbonyl (C=O) groups excluding carboxylic acids is 3. The molecule has 50 heavy (non-hydrogen) atoms. The van der Waals surface area contributed by atoms with Gasteiger partial charge in [-0.15, -0.1) is 11.3 Å². The van der Waals surface area contributed by atoms with Gasteiger partial charge in [-0.2, -0.15) is 0 Å². The summed E-state index contributed by atoms with van der Waals surface area (Å²) in [7, 11) is 0. The Morgan fingerprint density at radius 2 is 1.46 bits per heavy atom. The zero-order chi connectivity index (χ0) is 34.7. The Hall–Kier alpha value is -4.65. The Kier molecular flexibility index (Phi) is 8.40. The van der Waals surface area contributed by atoms with E-state index in [9.17, 15) is 14.4 Å². The molecule has 3 amide bonds. The van der Waals surface area contributed by atoms with E-state index in [1.54, 1.807) is 66.7 Å². The lowest BCUT2D eigenvalue weighted by atomic mass is 10.1. The van der Waals surface area contributed by atoms with Crippen molar-refractivity contribution >= 4 is 114 Å². The van der Waals surface area contributed by atoms with Gasteiger partial charge < -0.3 is 4.42 Å². The molecule has 6 aromatic rings. The van der Waals surface area contributed by atoms with E-state index in [4.69, 9.17) is 37.6 Å². The number of anilines is 2. The molecule has 13 heteroatoms. The van der Waals surface area contributed by atoms with Gasteiger partial charge in [0.15, 0.2) is 14.6 Å². The molecule has 2 aliphatic rings. The van der Waals surface area contributed by atoms with Gasteiger partial charge in [-0.1, -0.05) is 47.5 Å². The zero-order valence-electron chi connectivity index (χ0n) is 26.1. The fourth-order valence-corrected chi connectivity index (χ4v) is 8.77. The van der Waals surface area contributed by atoms with Gasteiger partial charge in [-0.3, -0.25) is 19.3 Å². The van der Waals surface area contributed by atoms with E-state index < -0.39 is 0 Å². The van der Waals surface area contributed by atoms with Crippen LogP contribution in [0.15, 0.2) is 115 Å². The van der Waals surface area contributed by atoms with Crippen molar-refractivity contribution in [1.82, 2.24) is 4.98 Å². The summed E-state index contributed by atoms with van der Waals surface area (Å²) in [6, 6.07) is 26.7. The van der Waals surface area contributed by atoms with E-state index in [1.807, 2.05) is 44.2 Å². The molecule has 2 aliphatic heterocycles. The van der Waals surface area contributed by atoms with Crippen molar-refractivity contribution < 1.29 is 18.8 Å². The number of fused-ring (bicyclic) bond motifs is 2. The summed E-state index contributed by atoms with van der Waals surface area (Å²) < 4.78 is 7.65. The first-order chi connectivity index (χ1) is 24.1. The molecule has 1 saturated heterocycles. The van der Waals surface area contributed by atoms with Crippen LogP contribution in [0.3, 0.4) is 0 Å². The van der Waals surface area contributed by atoms with Crippen molar-refractivity contribution in [2.45, 2.75) is 23.3 Å². The Morgan fingerprint density at radius 3 is 2.18 bits per heavy atom. The second-order valence-electron chi connectivity index (χ2n) is 11.4. The summed E-state index contributed by atoms with van der Waals surface area (Å²) in [4.78, 5) is 52.5. The van der Waals surface area contributed by atoms with Crippen LogP contribution < -0.4 is 9.80 Å². The number of thiazole rings is 1. The van der Waals surface area contributed by atoms with Crippen LogP contribution in [0.2, 0.25) is 10.0 Å². The van der Waals surface area contributed by atoms with Crippen molar-refractivity contribution in [3.63, 3.8) is 0 Å². The number of nitrogens with zero attached hydrogens (tertiary/aromatic N) is 4. The van der Waals surface area contributed by atoms with Gasteiger partial charge >= 0.3 is 0 Å². The molecule has 8 rings (SSSR count). The zero-order valence-corrected chi connectivity index (χ0v) is 30.1. The highest BCUT2D eigenvalue weighted by atomic mass is 35.5. The molecule has 1 fully saturated rings. The van der Waals surface area contributed by atoms with Gasteiger partial charge in [-0.25, -0.2) is 14.9 Å². The van der Waals surface area contributed by atoms with Crippen LogP contribution in [-0.2, 0) is 4.79 Å². The quantitative estimate of drug-likeness (QED) is 0.123. The Balaban J connectivity index is 1.05. The second kappa shape index (κ2) is 12.9. The molecule has 2 aromatic heterocycles. The van der Waals surface area contributed by atoms with E-state index in [0.717, 1.165) is 21.3 Å². The number of hydrogen-bond acceptors (Lipinski definition) is 9. The third-order valence-corrected chi connectivity index (χ3v) is 11.9. The Morgan fingerprint density at radius 1 is 0.780 bits per heavy atom. The van der Waals surface area contributed by atoms with Crippen molar-refractivity contribution in [1.29, 1.82) is 0 Å². The lowest BCUT2D eigenvalue weighted by Gasteiger charge is -2.16. The van der Waals surface area contributed by atoms with Crippen LogP contribution in [0.4, 0.5) is 17.1 Å². The maximum atomic E-state index is 13.8. The number of amidine groups is 1. The number of carbonyl (C=O) groups is 3. The number of aryl methyl sites for hydroxylation is 2. The average Bonchev–Trinajstić information content (AvgIpc) is 3.85. The van der Waals surface area contributed by atoms with Crippen LogP contribution in [0.5, 0.6) is 0 Å². The average molecular weight is 754 g/mol. The van der Waals surface area contributed by atoms with Gasteiger partial charge in [0.2, 0.25) is 0 Å². The summed E-state index contributed by atoms with van der Waals surface area (Å²) in [6.45, 7) is 3.82. The predicted molar refractivity (Wildman–Crippen MR) is 203 cm³/mol. The molecule has 0 atom stereocenters. The summed E-state index contributed by atoms with van der Waals surface area (Å²) in [5.41, 5.74) is 5.04. The van der Waals surface area contributed by atoms with Crippen LogP contribution in [0.25, 0.3) is 16.3 Å². The first-order valence-corrected chi connectivity index (χ1v) is 18.3. The highest BCUT2D eigenvalue weighted by Gasteiger charge is 2.37. The number of amides is 3. The van der Waals surface area contributed by atoms with Crippen molar-refractivity contribution in [2.24, 2.45) is 4.99 Å². The predicted octanol–water partition coefficient (Wildman–Crippen LogP) is 10.6. The van der Waals surface area contributed by atoms with E-state index in [0.29, 0.717) is 63.5 Å². The van der Waals surface area contributed by atoms with Crippen LogP contribution in [-0.4, -0.2) is 27.9 Å². The number of thioether (sulfide) groups is 1. The SMILES string of the molecule is Cc1ccc(N=C2S/C(=C\c3ccc(Sc4nc5ccc(N6C(=O)c7ccccc7C6=O)cc5s4)o3)C(=O)N2c2ccc(C)c(Cl)c2)cc1Cl. The van der Waals surface area contributed by atoms with Crippen molar-refractivity contribution in [3.8, 4) is 0 Å². The highest BCUT2D eigenvalue weighted by molar-refractivity contribution is 8.19. The van der Waals surface area contributed by atoms with Crippen LogP contribution in [0, 0.1) is 13.8 Å². The summed E-state index contributed by atoms with van der Waals surface area (Å²) in [5.74, 6) is -0.468. The minimum atomic E-state index is -0.344. The second-order valence-corrected chi connectivity index (χ2v) is 15.5. The molecule has 0 unspecified atom stereocenters. The standard InChI is InChI=1S/C37H22Cl2N4O4S3/c1-19-7-9-21(15-27(19)38)40-36-43(22-10-8-20(2)28(39)16-22)35(46)31(48-36)18-24-12-14-32(47-24)50-37-41-29-13-11-23(17-30(29)49-37)42-33(44)25-5-3-4-6-26(25)34(42)45/h3-18H,1-2H3/b31-18-,40-36?. The monoisotopic (exact) mass is 752 g/mol. The first kappa shape index (κ1) is 32.5. The fraction of sp³-hybridized carbons (Fsp3) is 0.0541. The minimum absolute atomic E-state index is 0.266. The van der Waals surface area contributed by atoms with Crippen molar-refractivity contribution in [2.75, 3.05) is 9.80 Å². The highest BCUT2D eigenvalue weighted by Crippen LogP contribution is 2.41. The van der Waals surface area contributed by atoms with E-state index in [-0.39, 0.29) is 17.7 Å². The normalized spacial score (nSPS) is 16.1. The van der Waals surface area contributed by atoms with E-state index in [1.165, 1.54) is 44.7 Å². The number of hydrogen-bond donors (Lipinski definition) is 0. The third-order valence-electron chi connectivity index (χ3n) is 8.07. The van der Waals surface area contributed by atoms with Gasteiger partial charge in [0.1, 0.15) is 5.76 Å². The maximum absolute atomic E-state index is 13.8.